The molecule has 4 atom stereocenters. The van der Waals surface area contributed by atoms with E-state index in [-0.39, 0.29) is 17.7 Å². The van der Waals surface area contributed by atoms with E-state index in [0.29, 0.717) is 30.7 Å². The fourth-order valence-corrected chi connectivity index (χ4v) is 6.87. The number of rotatable bonds is 1. The van der Waals surface area contributed by atoms with Crippen molar-refractivity contribution in [2.45, 2.75) is 49.3 Å². The molecule has 2 aliphatic heterocycles. The number of hydrogen-bond donors (Lipinski definition) is 4. The zero-order chi connectivity index (χ0) is 21.8. The van der Waals surface area contributed by atoms with Gasteiger partial charge in [-0.05, 0) is 37.1 Å². The van der Waals surface area contributed by atoms with E-state index in [2.05, 4.69) is 10.6 Å². The number of fused-ring (bicyclic) bond motifs is 3. The lowest BCUT2D eigenvalue weighted by molar-refractivity contribution is -0.134. The van der Waals surface area contributed by atoms with Gasteiger partial charge in [0.05, 0.1) is 27.9 Å². The van der Waals surface area contributed by atoms with Crippen LogP contribution in [0, 0.1) is 0 Å². The molecule has 32 heavy (non-hydrogen) atoms. The van der Waals surface area contributed by atoms with E-state index in [1.807, 2.05) is 30.3 Å². The fraction of sp³-hybridized carbons (Fsp3) is 0.360. The average Bonchev–Trinajstić information content (AvgIpc) is 3.11. The third-order valence-electron chi connectivity index (χ3n) is 8.06. The molecular formula is C25H23N3O4. The third kappa shape index (κ3) is 1.95. The summed E-state index contributed by atoms with van der Waals surface area (Å²) in [6.07, 6.45) is 1.14. The van der Waals surface area contributed by atoms with E-state index in [0.717, 1.165) is 39.8 Å². The van der Waals surface area contributed by atoms with Crippen molar-refractivity contribution >= 4 is 22.5 Å². The first-order valence-electron chi connectivity index (χ1n) is 11.1. The summed E-state index contributed by atoms with van der Waals surface area (Å²) in [5.74, 6) is 0.389. The summed E-state index contributed by atoms with van der Waals surface area (Å²) in [5, 5.41) is 30.5. The highest BCUT2D eigenvalue weighted by Gasteiger charge is 2.71. The van der Waals surface area contributed by atoms with Crippen molar-refractivity contribution in [3.8, 4) is 11.5 Å². The van der Waals surface area contributed by atoms with E-state index < -0.39 is 17.1 Å². The van der Waals surface area contributed by atoms with Gasteiger partial charge in [-0.2, -0.15) is 0 Å². The number of ether oxygens (including phenoxy) is 1. The van der Waals surface area contributed by atoms with E-state index in [1.54, 1.807) is 6.07 Å². The van der Waals surface area contributed by atoms with Gasteiger partial charge in [0.1, 0.15) is 0 Å². The third-order valence-corrected chi connectivity index (χ3v) is 8.06. The van der Waals surface area contributed by atoms with Gasteiger partial charge in [0.2, 0.25) is 5.91 Å². The molecule has 1 fully saturated rings. The molecule has 4 N–H and O–H groups in total. The molecule has 2 aromatic carbocycles. The SMILES string of the molecule is CC(=O)Nc1c2c(nc3ccccc13)C1Oc3c(O)ccc4c3[C@@]13CCNC(C4)C3(O)C2. The summed E-state index contributed by atoms with van der Waals surface area (Å²) in [4.78, 5) is 17.2. The normalized spacial score (nSPS) is 30.9. The smallest absolute Gasteiger partial charge is 0.221 e. The monoisotopic (exact) mass is 429 g/mol. The number of aromatic nitrogens is 1. The molecule has 7 heteroatoms. The summed E-state index contributed by atoms with van der Waals surface area (Å²) < 4.78 is 6.50. The Morgan fingerprint density at radius 2 is 2.12 bits per heavy atom. The highest BCUT2D eigenvalue weighted by molar-refractivity contribution is 6.02. The van der Waals surface area contributed by atoms with Gasteiger partial charge >= 0.3 is 0 Å². The number of nitrogens with zero attached hydrogens (tertiary/aromatic N) is 1. The van der Waals surface area contributed by atoms with Gasteiger partial charge in [-0.1, -0.05) is 24.3 Å². The lowest BCUT2D eigenvalue weighted by Gasteiger charge is -2.60. The molecule has 1 aromatic heterocycles. The minimum Gasteiger partial charge on any atom is -0.504 e. The van der Waals surface area contributed by atoms with Crippen LogP contribution in [0.1, 0.15) is 41.8 Å². The second kappa shape index (κ2) is 5.79. The van der Waals surface area contributed by atoms with Gasteiger partial charge in [0.25, 0.3) is 0 Å². The number of para-hydroxylation sites is 1. The quantitative estimate of drug-likeness (QED) is 0.474. The van der Waals surface area contributed by atoms with Crippen molar-refractivity contribution < 1.29 is 19.7 Å². The fourth-order valence-electron chi connectivity index (χ4n) is 6.87. The molecule has 4 aliphatic rings. The maximum atomic E-state index is 12.4. The topological polar surface area (TPSA) is 104 Å². The van der Waals surface area contributed by atoms with Crippen LogP contribution in [-0.4, -0.2) is 39.3 Å². The predicted octanol–water partition coefficient (Wildman–Crippen LogP) is 2.48. The minimum absolute atomic E-state index is 0.0938. The second-order valence-electron chi connectivity index (χ2n) is 9.53. The summed E-state index contributed by atoms with van der Waals surface area (Å²) in [6.45, 7) is 2.24. The molecule has 162 valence electrons. The van der Waals surface area contributed by atoms with Crippen LogP contribution in [0.5, 0.6) is 11.5 Å². The number of aromatic hydroxyl groups is 1. The number of phenolic OH excluding ortho intramolecular Hbond substituents is 1. The maximum Gasteiger partial charge on any atom is 0.221 e. The molecule has 0 radical (unpaired) electrons. The number of aliphatic hydroxyl groups is 1. The second-order valence-corrected chi connectivity index (χ2v) is 9.53. The van der Waals surface area contributed by atoms with Crippen molar-refractivity contribution in [2.24, 2.45) is 0 Å². The van der Waals surface area contributed by atoms with E-state index in [1.165, 1.54) is 6.92 Å². The van der Waals surface area contributed by atoms with Gasteiger partial charge in [0.15, 0.2) is 17.6 Å². The first-order valence-corrected chi connectivity index (χ1v) is 11.1. The Bertz CT molecular complexity index is 1350. The first-order chi connectivity index (χ1) is 15.4. The van der Waals surface area contributed by atoms with Crippen LogP contribution in [-0.2, 0) is 23.1 Å². The van der Waals surface area contributed by atoms with Crippen LogP contribution in [0.4, 0.5) is 5.69 Å². The minimum atomic E-state index is -1.13. The van der Waals surface area contributed by atoms with Crippen LogP contribution in [0.25, 0.3) is 10.9 Å². The van der Waals surface area contributed by atoms with Crippen LogP contribution in [0.3, 0.4) is 0 Å². The summed E-state index contributed by atoms with van der Waals surface area (Å²) in [5.41, 5.74) is 3.22. The van der Waals surface area contributed by atoms with E-state index in [4.69, 9.17) is 9.72 Å². The average molecular weight is 429 g/mol. The zero-order valence-corrected chi connectivity index (χ0v) is 17.6. The number of nitrogens with one attached hydrogen (secondary N) is 2. The van der Waals surface area contributed by atoms with E-state index in [9.17, 15) is 15.0 Å². The first kappa shape index (κ1) is 18.4. The number of carbonyl (C=O) groups is 1. The molecular weight excluding hydrogens is 406 g/mol. The Balaban J connectivity index is 1.59. The number of amides is 1. The molecule has 2 aliphatic carbocycles. The van der Waals surface area contributed by atoms with Crippen molar-refractivity contribution in [3.05, 3.63) is 58.8 Å². The lowest BCUT2D eigenvalue weighted by atomic mass is 9.49. The Morgan fingerprint density at radius 1 is 1.28 bits per heavy atom. The summed E-state index contributed by atoms with van der Waals surface area (Å²) in [7, 11) is 0. The molecule has 1 amide bonds. The van der Waals surface area contributed by atoms with Crippen LogP contribution in [0.15, 0.2) is 36.4 Å². The van der Waals surface area contributed by atoms with Gasteiger partial charge in [0, 0.05) is 35.9 Å². The summed E-state index contributed by atoms with van der Waals surface area (Å²) >= 11 is 0. The molecule has 3 unspecified atom stereocenters. The standard InChI is InChI=1S/C25H23N3O4/c1-12(29)27-20-14-4-2-3-5-16(14)28-21-15(20)11-25(31)18-10-13-6-7-17(30)22-19(13)24(25,8-9-26-18)23(21)32-22/h2-7,18,23,26,30-31H,8-11H2,1H3,(H,27,28,29)/t18?,23?,24-,25?/m0/s1. The number of pyridine rings is 1. The van der Waals surface area contributed by atoms with E-state index >= 15 is 0 Å². The number of piperidine rings is 1. The highest BCUT2D eigenvalue weighted by Crippen LogP contribution is 2.68. The summed E-state index contributed by atoms with van der Waals surface area (Å²) in [6, 6.07) is 11.2. The number of anilines is 1. The van der Waals surface area contributed by atoms with Crippen molar-refractivity contribution in [3.63, 3.8) is 0 Å². The predicted molar refractivity (Wildman–Crippen MR) is 118 cm³/mol. The largest absolute Gasteiger partial charge is 0.504 e. The van der Waals surface area contributed by atoms with Crippen molar-refractivity contribution in [1.82, 2.24) is 10.3 Å². The van der Waals surface area contributed by atoms with Crippen LogP contribution in [0.2, 0.25) is 0 Å². The Hall–Kier alpha value is -3.16. The van der Waals surface area contributed by atoms with Crippen molar-refractivity contribution in [2.75, 3.05) is 11.9 Å². The van der Waals surface area contributed by atoms with Gasteiger partial charge < -0.3 is 25.6 Å². The Labute approximate surface area is 184 Å². The number of hydrogen-bond acceptors (Lipinski definition) is 6. The molecule has 7 nitrogen and oxygen atoms in total. The molecule has 1 saturated heterocycles. The Kier molecular flexibility index (Phi) is 3.33. The number of phenols is 1. The van der Waals surface area contributed by atoms with Crippen LogP contribution < -0.4 is 15.4 Å². The molecule has 0 saturated carbocycles. The van der Waals surface area contributed by atoms with Gasteiger partial charge in [-0.3, -0.25) is 4.79 Å². The van der Waals surface area contributed by atoms with Gasteiger partial charge in [-0.15, -0.1) is 0 Å². The van der Waals surface area contributed by atoms with Gasteiger partial charge in [-0.25, -0.2) is 4.98 Å². The molecule has 3 heterocycles. The lowest BCUT2D eigenvalue weighted by Crippen LogP contribution is -2.74. The van der Waals surface area contributed by atoms with Crippen molar-refractivity contribution in [1.29, 1.82) is 0 Å². The van der Waals surface area contributed by atoms with Crippen LogP contribution >= 0.6 is 0 Å². The highest BCUT2D eigenvalue weighted by atomic mass is 16.5. The number of carbonyl (C=O) groups excluding carboxylic acids is 1. The molecule has 2 bridgehead atoms. The number of benzene rings is 2. The maximum absolute atomic E-state index is 12.4. The molecule has 3 aromatic rings. The zero-order valence-electron chi connectivity index (χ0n) is 17.6. The molecule has 1 spiro atoms. The Morgan fingerprint density at radius 3 is 2.97 bits per heavy atom. The molecule has 7 rings (SSSR count).